The summed E-state index contributed by atoms with van der Waals surface area (Å²) in [4.78, 5) is 36.9. The van der Waals surface area contributed by atoms with Crippen LogP contribution < -0.4 is 5.32 Å². The maximum Gasteiger partial charge on any atom is 0.258 e. The van der Waals surface area contributed by atoms with E-state index in [9.17, 15) is 18.8 Å². The van der Waals surface area contributed by atoms with E-state index in [1.807, 2.05) is 6.92 Å². The quantitative estimate of drug-likeness (QED) is 0.831. The van der Waals surface area contributed by atoms with Gasteiger partial charge in [0.25, 0.3) is 5.91 Å². The highest BCUT2D eigenvalue weighted by Gasteiger charge is 2.41. The van der Waals surface area contributed by atoms with Gasteiger partial charge in [-0.3, -0.25) is 19.7 Å². The molecule has 1 aromatic carbocycles. The van der Waals surface area contributed by atoms with Crippen molar-refractivity contribution in [2.45, 2.75) is 38.8 Å². The Balaban J connectivity index is 1.95. The van der Waals surface area contributed by atoms with Gasteiger partial charge in [-0.25, -0.2) is 4.39 Å². The van der Waals surface area contributed by atoms with Crippen LogP contribution in [0.3, 0.4) is 0 Å². The lowest BCUT2D eigenvalue weighted by molar-refractivity contribution is -0.136. The number of fused-ring (bicyclic) bond motifs is 1. The molecule has 6 heteroatoms. The maximum atomic E-state index is 14.0. The fraction of sp³-hybridized carbons (Fsp3) is 0.400. The zero-order valence-corrected chi connectivity index (χ0v) is 11.6. The second kappa shape index (κ2) is 4.95. The number of carbonyl (C=O) groups is 3. The van der Waals surface area contributed by atoms with Crippen LogP contribution in [0.5, 0.6) is 0 Å². The molecule has 3 rings (SSSR count). The first-order valence-electron chi connectivity index (χ1n) is 6.97. The van der Waals surface area contributed by atoms with E-state index in [4.69, 9.17) is 0 Å². The summed E-state index contributed by atoms with van der Waals surface area (Å²) in [7, 11) is 0. The van der Waals surface area contributed by atoms with Crippen LogP contribution >= 0.6 is 0 Å². The fourth-order valence-corrected chi connectivity index (χ4v) is 3.02. The number of hydrogen-bond acceptors (Lipinski definition) is 3. The lowest BCUT2D eigenvalue weighted by Crippen LogP contribution is -2.52. The third kappa shape index (κ3) is 2.11. The monoisotopic (exact) mass is 290 g/mol. The van der Waals surface area contributed by atoms with Gasteiger partial charge in [0.15, 0.2) is 0 Å². The molecule has 0 aliphatic carbocycles. The molecular weight excluding hydrogens is 275 g/mol. The van der Waals surface area contributed by atoms with Gasteiger partial charge in [0, 0.05) is 13.0 Å². The van der Waals surface area contributed by atoms with E-state index in [2.05, 4.69) is 5.32 Å². The molecule has 0 saturated carbocycles. The molecular formula is C15H15FN2O3. The molecule has 1 saturated heterocycles. The molecule has 2 heterocycles. The first-order valence-corrected chi connectivity index (χ1v) is 6.97. The minimum absolute atomic E-state index is 0.0686. The highest BCUT2D eigenvalue weighted by atomic mass is 19.1. The highest BCUT2D eigenvalue weighted by molar-refractivity contribution is 6.05. The second-order valence-electron chi connectivity index (χ2n) is 5.31. The van der Waals surface area contributed by atoms with E-state index >= 15 is 0 Å². The topological polar surface area (TPSA) is 66.5 Å². The van der Waals surface area contributed by atoms with E-state index in [0.29, 0.717) is 12.0 Å². The smallest absolute Gasteiger partial charge is 0.258 e. The predicted octanol–water partition coefficient (Wildman–Crippen LogP) is 1.15. The number of amides is 3. The normalized spacial score (nSPS) is 21.5. The molecule has 1 atom stereocenters. The zero-order valence-electron chi connectivity index (χ0n) is 11.6. The molecule has 0 spiro atoms. The van der Waals surface area contributed by atoms with Crippen molar-refractivity contribution in [2.75, 3.05) is 0 Å². The number of hydrogen-bond donors (Lipinski definition) is 1. The Morgan fingerprint density at radius 2 is 2.10 bits per heavy atom. The molecule has 3 amide bonds. The van der Waals surface area contributed by atoms with Crippen LogP contribution in [0.15, 0.2) is 12.1 Å². The molecule has 1 N–H and O–H groups in total. The van der Waals surface area contributed by atoms with E-state index < -0.39 is 23.7 Å². The number of imide groups is 1. The Labute approximate surface area is 121 Å². The number of halogens is 1. The van der Waals surface area contributed by atoms with Crippen molar-refractivity contribution in [2.24, 2.45) is 0 Å². The molecule has 1 unspecified atom stereocenters. The Kier molecular flexibility index (Phi) is 3.23. The van der Waals surface area contributed by atoms with E-state index in [0.717, 1.165) is 5.56 Å². The van der Waals surface area contributed by atoms with Gasteiger partial charge >= 0.3 is 0 Å². The van der Waals surface area contributed by atoms with E-state index in [-0.39, 0.29) is 30.9 Å². The second-order valence-corrected chi connectivity index (χ2v) is 5.31. The molecule has 1 fully saturated rings. The molecule has 21 heavy (non-hydrogen) atoms. The molecule has 2 aliphatic heterocycles. The number of nitrogens with one attached hydrogen (secondary N) is 1. The van der Waals surface area contributed by atoms with Crippen LogP contribution in [0, 0.1) is 5.82 Å². The zero-order chi connectivity index (χ0) is 15.1. The van der Waals surface area contributed by atoms with Gasteiger partial charge < -0.3 is 4.90 Å². The van der Waals surface area contributed by atoms with Crippen LogP contribution in [-0.4, -0.2) is 28.7 Å². The Bertz CT molecular complexity index is 657. The van der Waals surface area contributed by atoms with Gasteiger partial charge in [0.05, 0.1) is 5.56 Å². The summed E-state index contributed by atoms with van der Waals surface area (Å²) in [5.74, 6) is -1.83. The lowest BCUT2D eigenvalue weighted by Gasteiger charge is -2.29. The van der Waals surface area contributed by atoms with E-state index in [1.165, 1.54) is 11.0 Å². The number of rotatable bonds is 2. The first kappa shape index (κ1) is 13.7. The van der Waals surface area contributed by atoms with Crippen LogP contribution in [0.4, 0.5) is 4.39 Å². The maximum absolute atomic E-state index is 14.0. The largest absolute Gasteiger partial charge is 0.322 e. The van der Waals surface area contributed by atoms with Gasteiger partial charge in [-0.05, 0) is 30.0 Å². The lowest BCUT2D eigenvalue weighted by atomic mass is 10.0. The minimum atomic E-state index is -0.702. The number of carbonyl (C=O) groups excluding carboxylic acids is 3. The summed E-state index contributed by atoms with van der Waals surface area (Å²) in [5.41, 5.74) is 1.64. The van der Waals surface area contributed by atoms with Gasteiger partial charge in [0.2, 0.25) is 11.8 Å². The summed E-state index contributed by atoms with van der Waals surface area (Å²) in [6.45, 7) is 2.16. The summed E-state index contributed by atoms with van der Waals surface area (Å²) in [5, 5.41) is 2.23. The summed E-state index contributed by atoms with van der Waals surface area (Å²) in [6, 6.07) is 2.27. The number of benzene rings is 1. The molecule has 0 aromatic heterocycles. The standard InChI is InChI=1S/C15H15FN2O3/c1-2-8-3-4-10(16)13-9(8)7-18(15(13)21)11-5-6-12(19)17-14(11)20/h3-4,11H,2,5-7H2,1H3,(H,17,19,20). The SMILES string of the molecule is CCc1ccc(F)c2c1CN(C1CCC(=O)NC1=O)C2=O. The van der Waals surface area contributed by atoms with Crippen LogP contribution in [0.2, 0.25) is 0 Å². The van der Waals surface area contributed by atoms with Crippen molar-refractivity contribution < 1.29 is 18.8 Å². The summed E-state index contributed by atoms with van der Waals surface area (Å²) < 4.78 is 14.0. The molecule has 110 valence electrons. The summed E-state index contributed by atoms with van der Waals surface area (Å²) >= 11 is 0. The molecule has 0 bridgehead atoms. The van der Waals surface area contributed by atoms with Crippen molar-refractivity contribution in [1.82, 2.24) is 10.2 Å². The number of piperidine rings is 1. The van der Waals surface area contributed by atoms with Gasteiger partial charge in [-0.15, -0.1) is 0 Å². The van der Waals surface area contributed by atoms with Crippen molar-refractivity contribution in [3.8, 4) is 0 Å². The van der Waals surface area contributed by atoms with Crippen molar-refractivity contribution in [3.63, 3.8) is 0 Å². The van der Waals surface area contributed by atoms with Crippen LogP contribution in [0.1, 0.15) is 41.3 Å². The van der Waals surface area contributed by atoms with Crippen LogP contribution in [0.25, 0.3) is 0 Å². The predicted molar refractivity (Wildman–Crippen MR) is 71.8 cm³/mol. The van der Waals surface area contributed by atoms with Gasteiger partial charge in [0.1, 0.15) is 11.9 Å². The Hall–Kier alpha value is -2.24. The minimum Gasteiger partial charge on any atom is -0.322 e. The number of nitrogens with zero attached hydrogens (tertiary/aromatic N) is 1. The third-order valence-corrected chi connectivity index (χ3v) is 4.13. The van der Waals surface area contributed by atoms with Crippen molar-refractivity contribution in [1.29, 1.82) is 0 Å². The van der Waals surface area contributed by atoms with Gasteiger partial charge in [-0.1, -0.05) is 13.0 Å². The van der Waals surface area contributed by atoms with Gasteiger partial charge in [-0.2, -0.15) is 0 Å². The van der Waals surface area contributed by atoms with Crippen molar-refractivity contribution in [3.05, 3.63) is 34.6 Å². The van der Waals surface area contributed by atoms with E-state index in [1.54, 1.807) is 6.07 Å². The van der Waals surface area contributed by atoms with Crippen LogP contribution in [-0.2, 0) is 22.6 Å². The summed E-state index contributed by atoms with van der Waals surface area (Å²) in [6.07, 6.45) is 1.17. The molecule has 1 aromatic rings. The molecule has 5 nitrogen and oxygen atoms in total. The molecule has 2 aliphatic rings. The Morgan fingerprint density at radius 1 is 1.33 bits per heavy atom. The average molecular weight is 290 g/mol. The third-order valence-electron chi connectivity index (χ3n) is 4.13. The first-order chi connectivity index (χ1) is 10.0. The number of aryl methyl sites for hydroxylation is 1. The molecule has 0 radical (unpaired) electrons. The fourth-order valence-electron chi connectivity index (χ4n) is 3.02. The van der Waals surface area contributed by atoms with Crippen molar-refractivity contribution >= 4 is 17.7 Å². The Morgan fingerprint density at radius 3 is 2.76 bits per heavy atom. The average Bonchev–Trinajstić information content (AvgIpc) is 2.78. The highest BCUT2D eigenvalue weighted by Crippen LogP contribution is 2.31.